The number of amides is 1. The summed E-state index contributed by atoms with van der Waals surface area (Å²) < 4.78 is 53.9. The number of piperidine rings is 1. The van der Waals surface area contributed by atoms with Crippen molar-refractivity contribution in [2.45, 2.75) is 36.5 Å². The number of nitrogens with one attached hydrogen (secondary N) is 1. The van der Waals surface area contributed by atoms with E-state index in [9.17, 15) is 22.0 Å². The first-order valence-electron chi connectivity index (χ1n) is 9.65. The summed E-state index contributed by atoms with van der Waals surface area (Å²) in [4.78, 5) is 14.3. The predicted octanol–water partition coefficient (Wildman–Crippen LogP) is 2.49. The van der Waals surface area contributed by atoms with Crippen molar-refractivity contribution in [1.29, 1.82) is 0 Å². The van der Waals surface area contributed by atoms with Crippen LogP contribution in [0.25, 0.3) is 0 Å². The highest BCUT2D eigenvalue weighted by atomic mass is 32.2. The molecule has 29 heavy (non-hydrogen) atoms. The molecule has 2 aliphatic heterocycles. The molecule has 10 heteroatoms. The van der Waals surface area contributed by atoms with Crippen LogP contribution in [0.5, 0.6) is 0 Å². The summed E-state index contributed by atoms with van der Waals surface area (Å²) in [5, 5.41) is 6.90. The number of aromatic nitrogens is 2. The van der Waals surface area contributed by atoms with Crippen LogP contribution in [-0.2, 0) is 10.0 Å². The molecule has 156 valence electrons. The van der Waals surface area contributed by atoms with Crippen LogP contribution in [-0.4, -0.2) is 59.9 Å². The summed E-state index contributed by atoms with van der Waals surface area (Å²) in [6.45, 7) is 1.85. The predicted molar refractivity (Wildman–Crippen MR) is 101 cm³/mol. The van der Waals surface area contributed by atoms with E-state index >= 15 is 0 Å². The number of hydrogen-bond donors (Lipinski definition) is 1. The van der Waals surface area contributed by atoms with Crippen LogP contribution < -0.4 is 0 Å². The maximum atomic E-state index is 13.6. The quantitative estimate of drug-likeness (QED) is 0.817. The molecule has 7 nitrogen and oxygen atoms in total. The SMILES string of the molecule is O=C(c1cn[nH]c1[C@@H]1CCCN(S(=O)(=O)c2ccc(F)c(F)c2)C1)N1CCCC1. The van der Waals surface area contributed by atoms with E-state index in [1.54, 1.807) is 4.90 Å². The van der Waals surface area contributed by atoms with Gasteiger partial charge in [0.15, 0.2) is 11.6 Å². The molecule has 1 N–H and O–H groups in total. The Kier molecular flexibility index (Phi) is 5.39. The first kappa shape index (κ1) is 20.0. The highest BCUT2D eigenvalue weighted by Gasteiger charge is 2.34. The lowest BCUT2D eigenvalue weighted by molar-refractivity contribution is 0.0791. The Bertz CT molecular complexity index is 1020. The Morgan fingerprint density at radius 1 is 1.10 bits per heavy atom. The number of nitrogens with zero attached hydrogens (tertiary/aromatic N) is 3. The van der Waals surface area contributed by atoms with E-state index in [0.717, 1.165) is 25.0 Å². The zero-order chi connectivity index (χ0) is 20.6. The molecule has 0 aliphatic carbocycles. The van der Waals surface area contributed by atoms with Gasteiger partial charge in [-0.2, -0.15) is 9.40 Å². The van der Waals surface area contributed by atoms with E-state index in [0.29, 0.717) is 43.3 Å². The minimum absolute atomic E-state index is 0.0909. The van der Waals surface area contributed by atoms with Gasteiger partial charge in [0, 0.05) is 32.1 Å². The fraction of sp³-hybridized carbons (Fsp3) is 0.474. The summed E-state index contributed by atoms with van der Waals surface area (Å²) in [6, 6.07) is 2.58. The van der Waals surface area contributed by atoms with E-state index in [-0.39, 0.29) is 29.8 Å². The van der Waals surface area contributed by atoms with Crippen molar-refractivity contribution in [2.75, 3.05) is 26.2 Å². The molecule has 1 aromatic heterocycles. The Morgan fingerprint density at radius 3 is 2.59 bits per heavy atom. The molecule has 1 aromatic carbocycles. The molecule has 3 heterocycles. The molecule has 0 radical (unpaired) electrons. The van der Waals surface area contributed by atoms with Crippen LogP contribution in [0.4, 0.5) is 8.78 Å². The van der Waals surface area contributed by atoms with Crippen LogP contribution in [0.2, 0.25) is 0 Å². The number of rotatable bonds is 4. The molecule has 1 amide bonds. The minimum atomic E-state index is -3.98. The standard InChI is InChI=1S/C19H22F2N4O3S/c20-16-6-5-14(10-17(16)21)29(27,28)25-9-3-4-13(12-25)18-15(11-22-23-18)19(26)24-7-1-2-8-24/h5-6,10-11,13H,1-4,7-9,12H2,(H,22,23)/t13-/m1/s1. The van der Waals surface area contributed by atoms with Crippen molar-refractivity contribution in [3.05, 3.63) is 47.3 Å². The topological polar surface area (TPSA) is 86.4 Å². The van der Waals surface area contributed by atoms with Gasteiger partial charge in [-0.15, -0.1) is 0 Å². The highest BCUT2D eigenvalue weighted by Crippen LogP contribution is 2.32. The second-order valence-corrected chi connectivity index (χ2v) is 9.41. The molecule has 0 saturated carbocycles. The highest BCUT2D eigenvalue weighted by molar-refractivity contribution is 7.89. The molecular formula is C19H22F2N4O3S. The molecule has 0 bridgehead atoms. The lowest BCUT2D eigenvalue weighted by Crippen LogP contribution is -2.39. The van der Waals surface area contributed by atoms with Gasteiger partial charge in [-0.3, -0.25) is 9.89 Å². The molecule has 4 rings (SSSR count). The first-order valence-corrected chi connectivity index (χ1v) is 11.1. The average molecular weight is 424 g/mol. The molecule has 2 aromatic rings. The van der Waals surface area contributed by atoms with Crippen molar-refractivity contribution in [2.24, 2.45) is 0 Å². The smallest absolute Gasteiger partial charge is 0.257 e. The second kappa shape index (κ2) is 7.83. The maximum Gasteiger partial charge on any atom is 0.257 e. The molecule has 1 atom stereocenters. The van der Waals surface area contributed by atoms with Gasteiger partial charge in [-0.1, -0.05) is 0 Å². The number of carbonyl (C=O) groups excluding carboxylic acids is 1. The molecule has 2 aliphatic rings. The van der Waals surface area contributed by atoms with Crippen molar-refractivity contribution < 1.29 is 22.0 Å². The van der Waals surface area contributed by atoms with Crippen LogP contribution >= 0.6 is 0 Å². The third kappa shape index (κ3) is 3.78. The largest absolute Gasteiger partial charge is 0.339 e. The molecule has 0 spiro atoms. The fourth-order valence-corrected chi connectivity index (χ4v) is 5.59. The van der Waals surface area contributed by atoms with Gasteiger partial charge in [-0.25, -0.2) is 17.2 Å². The fourth-order valence-electron chi connectivity index (χ4n) is 4.05. The van der Waals surface area contributed by atoms with Crippen LogP contribution in [0, 0.1) is 11.6 Å². The third-order valence-corrected chi connectivity index (χ3v) is 7.47. The Hall–Kier alpha value is -2.33. The Balaban J connectivity index is 1.57. The number of aromatic amines is 1. The number of benzene rings is 1. The summed E-state index contributed by atoms with van der Waals surface area (Å²) in [7, 11) is -3.98. The van der Waals surface area contributed by atoms with E-state index in [4.69, 9.17) is 0 Å². The number of H-pyrrole nitrogens is 1. The zero-order valence-electron chi connectivity index (χ0n) is 15.8. The lowest BCUT2D eigenvalue weighted by Gasteiger charge is -2.32. The van der Waals surface area contributed by atoms with Crippen molar-refractivity contribution in [1.82, 2.24) is 19.4 Å². The summed E-state index contributed by atoms with van der Waals surface area (Å²) >= 11 is 0. The monoisotopic (exact) mass is 424 g/mol. The number of hydrogen-bond acceptors (Lipinski definition) is 4. The Morgan fingerprint density at radius 2 is 1.86 bits per heavy atom. The number of carbonyl (C=O) groups is 1. The van der Waals surface area contributed by atoms with Crippen LogP contribution in [0.1, 0.15) is 47.7 Å². The van der Waals surface area contributed by atoms with Crippen LogP contribution in [0.15, 0.2) is 29.3 Å². The summed E-state index contributed by atoms with van der Waals surface area (Å²) in [5.41, 5.74) is 1.11. The molecule has 0 unspecified atom stereocenters. The van der Waals surface area contributed by atoms with E-state index in [1.165, 1.54) is 10.5 Å². The van der Waals surface area contributed by atoms with Gasteiger partial charge in [0.05, 0.1) is 22.3 Å². The Labute approximate surface area is 167 Å². The number of likely N-dealkylation sites (tertiary alicyclic amines) is 1. The van der Waals surface area contributed by atoms with E-state index in [2.05, 4.69) is 10.2 Å². The minimum Gasteiger partial charge on any atom is -0.339 e. The van der Waals surface area contributed by atoms with Gasteiger partial charge < -0.3 is 4.90 Å². The molecular weight excluding hydrogens is 402 g/mol. The third-order valence-electron chi connectivity index (χ3n) is 5.61. The molecule has 2 saturated heterocycles. The van der Waals surface area contributed by atoms with Gasteiger partial charge in [0.1, 0.15) is 0 Å². The summed E-state index contributed by atoms with van der Waals surface area (Å²) in [6.07, 6.45) is 4.74. The van der Waals surface area contributed by atoms with Gasteiger partial charge >= 0.3 is 0 Å². The van der Waals surface area contributed by atoms with Crippen molar-refractivity contribution in [3.63, 3.8) is 0 Å². The number of halogens is 2. The summed E-state index contributed by atoms with van der Waals surface area (Å²) in [5.74, 6) is -2.62. The lowest BCUT2D eigenvalue weighted by atomic mass is 9.93. The van der Waals surface area contributed by atoms with Gasteiger partial charge in [-0.05, 0) is 43.9 Å². The van der Waals surface area contributed by atoms with Gasteiger partial charge in [0.25, 0.3) is 5.91 Å². The second-order valence-electron chi connectivity index (χ2n) is 7.47. The van der Waals surface area contributed by atoms with E-state index < -0.39 is 21.7 Å². The van der Waals surface area contributed by atoms with Crippen LogP contribution in [0.3, 0.4) is 0 Å². The maximum absolute atomic E-state index is 13.6. The normalized spacial score (nSPS) is 20.9. The average Bonchev–Trinajstić information content (AvgIpc) is 3.42. The number of sulfonamides is 1. The molecule has 2 fully saturated rings. The zero-order valence-corrected chi connectivity index (χ0v) is 16.6. The van der Waals surface area contributed by atoms with Gasteiger partial charge in [0.2, 0.25) is 10.0 Å². The van der Waals surface area contributed by atoms with Crippen molar-refractivity contribution in [3.8, 4) is 0 Å². The van der Waals surface area contributed by atoms with Crippen molar-refractivity contribution >= 4 is 15.9 Å². The van der Waals surface area contributed by atoms with E-state index in [1.807, 2.05) is 0 Å². The first-order chi connectivity index (χ1) is 13.9.